The lowest BCUT2D eigenvalue weighted by Gasteiger charge is -2.21. The molecule has 1 N–H and O–H groups in total. The molecule has 0 spiro atoms. The lowest BCUT2D eigenvalue weighted by atomic mass is 10.1. The first kappa shape index (κ1) is 18.2. The van der Waals surface area contributed by atoms with Gasteiger partial charge in [0, 0.05) is 29.4 Å². The van der Waals surface area contributed by atoms with Crippen LogP contribution < -0.4 is 10.2 Å². The molecule has 0 aliphatic carbocycles. The van der Waals surface area contributed by atoms with Crippen LogP contribution in [-0.4, -0.2) is 24.0 Å². The third-order valence-corrected chi connectivity index (χ3v) is 6.06. The first-order valence-electron chi connectivity index (χ1n) is 8.88. The van der Waals surface area contributed by atoms with Gasteiger partial charge in [-0.15, -0.1) is 0 Å². The fraction of sp³-hybridized carbons (Fsp3) is 0.400. The fourth-order valence-electron chi connectivity index (χ4n) is 3.11. The van der Waals surface area contributed by atoms with E-state index in [4.69, 9.17) is 0 Å². The monoisotopic (exact) mass is 449 g/mol. The number of halogens is 1. The van der Waals surface area contributed by atoms with Crippen LogP contribution in [0.2, 0.25) is 0 Å². The summed E-state index contributed by atoms with van der Waals surface area (Å²) in [4.78, 5) is 19.4. The molecule has 5 heteroatoms. The number of aromatic nitrogens is 1. The summed E-state index contributed by atoms with van der Waals surface area (Å²) in [6.45, 7) is 4.70. The predicted molar refractivity (Wildman–Crippen MR) is 110 cm³/mol. The van der Waals surface area contributed by atoms with Crippen LogP contribution in [0.25, 0.3) is 0 Å². The van der Waals surface area contributed by atoms with Crippen LogP contribution in [-0.2, 0) is 6.54 Å². The van der Waals surface area contributed by atoms with E-state index in [0.29, 0.717) is 6.54 Å². The smallest absolute Gasteiger partial charge is 0.252 e. The van der Waals surface area contributed by atoms with Crippen LogP contribution in [0.3, 0.4) is 0 Å². The van der Waals surface area contributed by atoms with E-state index in [1.165, 1.54) is 25.7 Å². The van der Waals surface area contributed by atoms with Gasteiger partial charge in [-0.05, 0) is 65.6 Å². The summed E-state index contributed by atoms with van der Waals surface area (Å²) in [5, 5.41) is 2.99. The van der Waals surface area contributed by atoms with Gasteiger partial charge >= 0.3 is 0 Å². The number of carbonyl (C=O) groups excluding carboxylic acids is 1. The highest BCUT2D eigenvalue weighted by Gasteiger charge is 2.12. The lowest BCUT2D eigenvalue weighted by Crippen LogP contribution is -2.25. The van der Waals surface area contributed by atoms with Gasteiger partial charge in [-0.1, -0.05) is 31.0 Å². The van der Waals surface area contributed by atoms with Crippen molar-refractivity contribution in [2.75, 3.05) is 18.0 Å². The molecule has 1 aromatic carbocycles. The van der Waals surface area contributed by atoms with E-state index in [2.05, 4.69) is 49.9 Å². The molecule has 1 amide bonds. The van der Waals surface area contributed by atoms with E-state index in [1.54, 1.807) is 0 Å². The van der Waals surface area contributed by atoms with Crippen LogP contribution in [0.1, 0.15) is 47.2 Å². The van der Waals surface area contributed by atoms with Crippen LogP contribution in [0.15, 0.2) is 36.5 Å². The number of benzene rings is 1. The van der Waals surface area contributed by atoms with Crippen LogP contribution in [0, 0.1) is 10.5 Å². The number of rotatable bonds is 4. The molecule has 2 aromatic rings. The van der Waals surface area contributed by atoms with Crippen molar-refractivity contribution in [2.24, 2.45) is 0 Å². The number of nitrogens with zero attached hydrogens (tertiary/aromatic N) is 2. The average Bonchev–Trinajstić information content (AvgIpc) is 2.92. The second-order valence-electron chi connectivity index (χ2n) is 6.55. The van der Waals surface area contributed by atoms with E-state index >= 15 is 0 Å². The minimum Gasteiger partial charge on any atom is -0.357 e. The van der Waals surface area contributed by atoms with E-state index in [-0.39, 0.29) is 5.91 Å². The molecule has 1 aliphatic heterocycles. The summed E-state index contributed by atoms with van der Waals surface area (Å²) >= 11 is 2.23. The molecule has 1 saturated heterocycles. The highest BCUT2D eigenvalue weighted by Crippen LogP contribution is 2.18. The normalized spacial score (nSPS) is 14.9. The van der Waals surface area contributed by atoms with Gasteiger partial charge < -0.3 is 10.2 Å². The fourth-order valence-corrected chi connectivity index (χ4v) is 3.71. The molecule has 0 atom stereocenters. The summed E-state index contributed by atoms with van der Waals surface area (Å²) in [5.74, 6) is 1.01. The number of carbonyl (C=O) groups is 1. The Balaban J connectivity index is 1.60. The van der Waals surface area contributed by atoms with E-state index in [9.17, 15) is 4.79 Å². The zero-order valence-corrected chi connectivity index (χ0v) is 16.8. The molecule has 2 heterocycles. The zero-order chi connectivity index (χ0) is 17.6. The molecular weight excluding hydrogens is 425 g/mol. The Morgan fingerprint density at radius 3 is 2.60 bits per heavy atom. The average molecular weight is 449 g/mol. The SMILES string of the molecule is Cc1cccc(C(=O)NCc2ccc(N3CCCCCC3)nc2)c1I. The van der Waals surface area contributed by atoms with Crippen molar-refractivity contribution >= 4 is 34.3 Å². The summed E-state index contributed by atoms with van der Waals surface area (Å²) in [7, 11) is 0. The van der Waals surface area contributed by atoms with Crippen molar-refractivity contribution in [3.8, 4) is 0 Å². The Kier molecular flexibility index (Phi) is 6.29. The maximum Gasteiger partial charge on any atom is 0.252 e. The maximum absolute atomic E-state index is 12.4. The van der Waals surface area contributed by atoms with Crippen LogP contribution >= 0.6 is 22.6 Å². The van der Waals surface area contributed by atoms with Crippen molar-refractivity contribution in [3.63, 3.8) is 0 Å². The van der Waals surface area contributed by atoms with Gasteiger partial charge in [-0.25, -0.2) is 4.98 Å². The van der Waals surface area contributed by atoms with Crippen molar-refractivity contribution in [1.29, 1.82) is 0 Å². The largest absolute Gasteiger partial charge is 0.357 e. The molecule has 0 saturated carbocycles. The van der Waals surface area contributed by atoms with Gasteiger partial charge in [-0.3, -0.25) is 4.79 Å². The quantitative estimate of drug-likeness (QED) is 0.708. The number of hydrogen-bond acceptors (Lipinski definition) is 3. The third kappa shape index (κ3) is 4.71. The summed E-state index contributed by atoms with van der Waals surface area (Å²) in [6, 6.07) is 9.94. The highest BCUT2D eigenvalue weighted by molar-refractivity contribution is 14.1. The number of hydrogen-bond donors (Lipinski definition) is 1. The second kappa shape index (κ2) is 8.65. The van der Waals surface area contributed by atoms with E-state index in [1.807, 2.05) is 31.3 Å². The van der Waals surface area contributed by atoms with Crippen molar-refractivity contribution in [3.05, 3.63) is 56.8 Å². The van der Waals surface area contributed by atoms with Gasteiger partial charge in [0.05, 0.1) is 5.56 Å². The summed E-state index contributed by atoms with van der Waals surface area (Å²) in [5.41, 5.74) is 2.88. The molecule has 0 bridgehead atoms. The number of anilines is 1. The lowest BCUT2D eigenvalue weighted by molar-refractivity contribution is 0.0950. The first-order valence-corrected chi connectivity index (χ1v) is 9.96. The summed E-state index contributed by atoms with van der Waals surface area (Å²) in [6.07, 6.45) is 7.00. The first-order chi connectivity index (χ1) is 12.1. The molecule has 0 radical (unpaired) electrons. The van der Waals surface area contributed by atoms with Gasteiger partial charge in [0.15, 0.2) is 0 Å². The molecule has 132 valence electrons. The molecule has 1 fully saturated rings. The van der Waals surface area contributed by atoms with Crippen LogP contribution in [0.4, 0.5) is 5.82 Å². The highest BCUT2D eigenvalue weighted by atomic mass is 127. The number of nitrogens with one attached hydrogen (secondary N) is 1. The molecule has 0 unspecified atom stereocenters. The van der Waals surface area contributed by atoms with Crippen molar-refractivity contribution in [1.82, 2.24) is 10.3 Å². The van der Waals surface area contributed by atoms with Gasteiger partial charge in [0.25, 0.3) is 5.91 Å². The molecule has 25 heavy (non-hydrogen) atoms. The Hall–Kier alpha value is -1.63. The van der Waals surface area contributed by atoms with E-state index in [0.717, 1.165) is 39.2 Å². The molecule has 1 aromatic heterocycles. The Morgan fingerprint density at radius 1 is 1.16 bits per heavy atom. The Morgan fingerprint density at radius 2 is 1.92 bits per heavy atom. The zero-order valence-electron chi connectivity index (χ0n) is 14.6. The second-order valence-corrected chi connectivity index (χ2v) is 7.62. The Labute approximate surface area is 163 Å². The minimum absolute atomic E-state index is 0.0373. The Bertz CT molecular complexity index is 722. The minimum atomic E-state index is -0.0373. The predicted octanol–water partition coefficient (Wildman–Crippen LogP) is 4.31. The van der Waals surface area contributed by atoms with Crippen molar-refractivity contribution < 1.29 is 4.79 Å². The maximum atomic E-state index is 12.4. The van der Waals surface area contributed by atoms with E-state index < -0.39 is 0 Å². The molecule has 1 aliphatic rings. The van der Waals surface area contributed by atoms with Crippen LogP contribution in [0.5, 0.6) is 0 Å². The van der Waals surface area contributed by atoms with Gasteiger partial charge in [0.1, 0.15) is 5.82 Å². The van der Waals surface area contributed by atoms with Crippen molar-refractivity contribution in [2.45, 2.75) is 39.2 Å². The summed E-state index contributed by atoms with van der Waals surface area (Å²) < 4.78 is 1.01. The molecule has 4 nitrogen and oxygen atoms in total. The number of aryl methyl sites for hydroxylation is 1. The van der Waals surface area contributed by atoms with Gasteiger partial charge in [0.2, 0.25) is 0 Å². The topological polar surface area (TPSA) is 45.2 Å². The number of amides is 1. The molecule has 3 rings (SSSR count). The number of pyridine rings is 1. The third-order valence-electron chi connectivity index (χ3n) is 4.63. The standard InChI is InChI=1S/C20H24IN3O/c1-15-7-6-8-17(19(15)21)20(25)23-14-16-9-10-18(22-13-16)24-11-4-2-3-5-12-24/h6-10,13H,2-5,11-12,14H2,1H3,(H,23,25). The van der Waals surface area contributed by atoms with Gasteiger partial charge in [-0.2, -0.15) is 0 Å². The molecular formula is C20H24IN3O.